The van der Waals surface area contributed by atoms with E-state index in [1.165, 1.54) is 0 Å². The minimum atomic E-state index is -0.332. The number of piperidine rings is 1. The van der Waals surface area contributed by atoms with Crippen LogP contribution in [-0.2, 0) is 0 Å². The summed E-state index contributed by atoms with van der Waals surface area (Å²) in [5.41, 5.74) is 0.474. The van der Waals surface area contributed by atoms with E-state index in [2.05, 4.69) is 22.6 Å². The summed E-state index contributed by atoms with van der Waals surface area (Å²) in [6, 6.07) is 3.42. The van der Waals surface area contributed by atoms with Crippen LogP contribution in [0.3, 0.4) is 0 Å². The lowest BCUT2D eigenvalue weighted by atomic mass is 9.96. The Labute approximate surface area is 137 Å². The van der Waals surface area contributed by atoms with Gasteiger partial charge in [-0.05, 0) is 47.1 Å². The fourth-order valence-corrected chi connectivity index (χ4v) is 2.95. The Morgan fingerprint density at radius 3 is 2.85 bits per heavy atom. The van der Waals surface area contributed by atoms with E-state index in [9.17, 15) is 9.90 Å². The molecule has 2 atom stereocenters. The molecule has 1 aliphatic rings. The third-order valence-corrected chi connectivity index (χ3v) is 5.14. The molecule has 2 rings (SSSR count). The molecule has 1 saturated heterocycles. The zero-order valence-corrected chi connectivity index (χ0v) is 14.3. The van der Waals surface area contributed by atoms with Crippen molar-refractivity contribution in [3.05, 3.63) is 26.3 Å². The van der Waals surface area contributed by atoms with Gasteiger partial charge in [0.05, 0.1) is 23.8 Å². The van der Waals surface area contributed by atoms with Gasteiger partial charge in [-0.2, -0.15) is 0 Å². The molecular weight excluding hydrogens is 393 g/mol. The normalized spacial score (nSPS) is 22.8. The summed E-state index contributed by atoms with van der Waals surface area (Å²) in [7, 11) is 1.54. The second-order valence-electron chi connectivity index (χ2n) is 5.05. The molecule has 1 aromatic carbocycles. The van der Waals surface area contributed by atoms with Crippen molar-refractivity contribution < 1.29 is 14.6 Å². The predicted octanol–water partition coefficient (Wildman–Crippen LogP) is 2.80. The Hall–Kier alpha value is -0.530. The molecule has 1 N–H and O–H groups in total. The quantitative estimate of drug-likeness (QED) is 0.764. The summed E-state index contributed by atoms with van der Waals surface area (Å²) >= 11 is 8.21. The van der Waals surface area contributed by atoms with Crippen molar-refractivity contribution in [2.24, 2.45) is 5.92 Å². The second-order valence-corrected chi connectivity index (χ2v) is 6.62. The lowest BCUT2D eigenvalue weighted by Gasteiger charge is -2.34. The Morgan fingerprint density at radius 2 is 2.25 bits per heavy atom. The van der Waals surface area contributed by atoms with Gasteiger partial charge in [-0.25, -0.2) is 0 Å². The summed E-state index contributed by atoms with van der Waals surface area (Å²) in [6.07, 6.45) is 0.272. The van der Waals surface area contributed by atoms with Crippen LogP contribution < -0.4 is 4.74 Å². The highest BCUT2D eigenvalue weighted by Crippen LogP contribution is 2.30. The average Bonchev–Trinajstić information content (AvgIpc) is 2.43. The number of hydrogen-bond donors (Lipinski definition) is 1. The first-order chi connectivity index (χ1) is 9.43. The Morgan fingerprint density at radius 1 is 1.55 bits per heavy atom. The lowest BCUT2D eigenvalue weighted by Crippen LogP contribution is -2.45. The fraction of sp³-hybridized carbons (Fsp3) is 0.500. The van der Waals surface area contributed by atoms with Crippen LogP contribution in [0.4, 0.5) is 0 Å². The number of ether oxygens (including phenoxy) is 1. The van der Waals surface area contributed by atoms with Crippen molar-refractivity contribution >= 4 is 40.1 Å². The van der Waals surface area contributed by atoms with Gasteiger partial charge in [0.2, 0.25) is 0 Å². The van der Waals surface area contributed by atoms with Crippen LogP contribution in [-0.4, -0.2) is 42.2 Å². The summed E-state index contributed by atoms with van der Waals surface area (Å²) in [4.78, 5) is 14.3. The summed E-state index contributed by atoms with van der Waals surface area (Å²) in [5, 5.41) is 10.3. The third kappa shape index (κ3) is 3.20. The van der Waals surface area contributed by atoms with Crippen molar-refractivity contribution in [1.29, 1.82) is 0 Å². The van der Waals surface area contributed by atoms with E-state index in [-0.39, 0.29) is 17.9 Å². The van der Waals surface area contributed by atoms with E-state index in [0.717, 1.165) is 3.57 Å². The molecule has 1 aliphatic heterocycles. The number of carbonyl (C=O) groups is 1. The van der Waals surface area contributed by atoms with Crippen LogP contribution in [0.15, 0.2) is 12.1 Å². The number of amides is 1. The van der Waals surface area contributed by atoms with E-state index in [4.69, 9.17) is 16.3 Å². The minimum Gasteiger partial charge on any atom is -0.496 e. The predicted molar refractivity (Wildman–Crippen MR) is 86.4 cm³/mol. The SMILES string of the molecule is COc1cc(I)c(Cl)cc1C(=O)N1CCC(O)C(C)C1. The fourth-order valence-electron chi connectivity index (χ4n) is 2.35. The number of likely N-dealkylation sites (tertiary alicyclic amines) is 1. The molecule has 0 aliphatic carbocycles. The molecular formula is C14H17ClINO3. The number of benzene rings is 1. The molecule has 0 radical (unpaired) electrons. The van der Waals surface area contributed by atoms with E-state index in [0.29, 0.717) is 35.8 Å². The van der Waals surface area contributed by atoms with Crippen LogP contribution in [0, 0.1) is 9.49 Å². The molecule has 1 amide bonds. The number of nitrogens with zero attached hydrogens (tertiary/aromatic N) is 1. The summed E-state index contributed by atoms with van der Waals surface area (Å²) < 4.78 is 6.13. The molecule has 1 heterocycles. The van der Waals surface area contributed by atoms with Gasteiger partial charge in [-0.3, -0.25) is 4.79 Å². The Bertz CT molecular complexity index is 523. The van der Waals surface area contributed by atoms with Crippen LogP contribution in [0.2, 0.25) is 5.02 Å². The van der Waals surface area contributed by atoms with Gasteiger partial charge in [0.25, 0.3) is 5.91 Å². The molecule has 110 valence electrons. The van der Waals surface area contributed by atoms with Crippen molar-refractivity contribution in [2.75, 3.05) is 20.2 Å². The van der Waals surface area contributed by atoms with Crippen LogP contribution in [0.1, 0.15) is 23.7 Å². The monoisotopic (exact) mass is 409 g/mol. The molecule has 20 heavy (non-hydrogen) atoms. The Balaban J connectivity index is 2.27. The highest BCUT2D eigenvalue weighted by Gasteiger charge is 2.29. The maximum atomic E-state index is 12.6. The number of halogens is 2. The van der Waals surface area contributed by atoms with Crippen molar-refractivity contribution in [1.82, 2.24) is 4.90 Å². The standard InChI is InChI=1S/C14H17ClINO3/c1-8-7-17(4-3-12(8)18)14(19)9-5-10(15)11(16)6-13(9)20-2/h5-6,8,12,18H,3-4,7H2,1-2H3. The Kier molecular flexibility index (Phi) is 5.14. The van der Waals surface area contributed by atoms with Crippen molar-refractivity contribution in [3.8, 4) is 5.75 Å². The van der Waals surface area contributed by atoms with Gasteiger partial charge in [0.15, 0.2) is 0 Å². The molecule has 0 spiro atoms. The number of hydrogen-bond acceptors (Lipinski definition) is 3. The van der Waals surface area contributed by atoms with E-state index >= 15 is 0 Å². The van der Waals surface area contributed by atoms with Crippen LogP contribution >= 0.6 is 34.2 Å². The van der Waals surface area contributed by atoms with Crippen molar-refractivity contribution in [3.63, 3.8) is 0 Å². The molecule has 6 heteroatoms. The average molecular weight is 410 g/mol. The minimum absolute atomic E-state index is 0.0815. The third-order valence-electron chi connectivity index (χ3n) is 3.62. The van der Waals surface area contributed by atoms with E-state index in [1.807, 2.05) is 6.92 Å². The molecule has 1 fully saturated rings. The number of aliphatic hydroxyl groups excluding tert-OH is 1. The second kappa shape index (κ2) is 6.49. The van der Waals surface area contributed by atoms with Crippen molar-refractivity contribution in [2.45, 2.75) is 19.4 Å². The molecule has 1 aromatic rings. The number of methoxy groups -OCH3 is 1. The van der Waals surface area contributed by atoms with E-state index < -0.39 is 0 Å². The topological polar surface area (TPSA) is 49.8 Å². The molecule has 2 unspecified atom stereocenters. The van der Waals surface area contributed by atoms with Crippen LogP contribution in [0.5, 0.6) is 5.75 Å². The number of carbonyl (C=O) groups excluding carboxylic acids is 1. The largest absolute Gasteiger partial charge is 0.496 e. The van der Waals surface area contributed by atoms with Gasteiger partial charge in [-0.15, -0.1) is 0 Å². The molecule has 0 saturated carbocycles. The maximum Gasteiger partial charge on any atom is 0.257 e. The number of rotatable bonds is 2. The van der Waals surface area contributed by atoms with Gasteiger partial charge in [-0.1, -0.05) is 18.5 Å². The molecule has 0 aromatic heterocycles. The summed E-state index contributed by atoms with van der Waals surface area (Å²) in [5.74, 6) is 0.513. The van der Waals surface area contributed by atoms with Gasteiger partial charge in [0.1, 0.15) is 5.75 Å². The lowest BCUT2D eigenvalue weighted by molar-refractivity contribution is 0.0296. The molecule has 0 bridgehead atoms. The smallest absolute Gasteiger partial charge is 0.257 e. The zero-order chi connectivity index (χ0) is 14.9. The number of aliphatic hydroxyl groups is 1. The first-order valence-electron chi connectivity index (χ1n) is 6.44. The van der Waals surface area contributed by atoms with E-state index in [1.54, 1.807) is 24.1 Å². The highest BCUT2D eigenvalue weighted by molar-refractivity contribution is 14.1. The van der Waals surface area contributed by atoms with Gasteiger partial charge < -0.3 is 14.7 Å². The highest BCUT2D eigenvalue weighted by atomic mass is 127. The maximum absolute atomic E-state index is 12.6. The zero-order valence-electron chi connectivity index (χ0n) is 11.4. The molecule has 4 nitrogen and oxygen atoms in total. The first kappa shape index (κ1) is 15.9. The van der Waals surface area contributed by atoms with Crippen LogP contribution in [0.25, 0.3) is 0 Å². The summed E-state index contributed by atoms with van der Waals surface area (Å²) in [6.45, 7) is 3.05. The van der Waals surface area contributed by atoms with Gasteiger partial charge in [0, 0.05) is 16.7 Å². The van der Waals surface area contributed by atoms with Gasteiger partial charge >= 0.3 is 0 Å². The first-order valence-corrected chi connectivity index (χ1v) is 7.90.